The van der Waals surface area contributed by atoms with Crippen LogP contribution in [0.1, 0.15) is 17.4 Å². The first-order valence-electron chi connectivity index (χ1n) is 5.07. The summed E-state index contributed by atoms with van der Waals surface area (Å²) in [6.07, 6.45) is 2.93. The molecule has 0 unspecified atom stereocenters. The minimum atomic E-state index is -0.555. The van der Waals surface area contributed by atoms with Crippen molar-refractivity contribution < 1.29 is 9.90 Å². The Hall–Kier alpha value is -1.88. The van der Waals surface area contributed by atoms with E-state index in [1.807, 2.05) is 24.4 Å². The van der Waals surface area contributed by atoms with Crippen LogP contribution in [0, 0.1) is 0 Å². The smallest absolute Gasteiger partial charge is 0.271 e. The fourth-order valence-corrected chi connectivity index (χ4v) is 1.38. The lowest BCUT2D eigenvalue weighted by Gasteiger charge is -2.04. The van der Waals surface area contributed by atoms with Crippen molar-refractivity contribution in [2.24, 2.45) is 0 Å². The molecule has 0 aromatic carbocycles. The number of rotatable bonds is 3. The van der Waals surface area contributed by atoms with Gasteiger partial charge in [-0.2, -0.15) is 0 Å². The van der Waals surface area contributed by atoms with E-state index in [9.17, 15) is 4.79 Å². The number of carbonyl (C=O) groups excluding carboxylic acids is 1. The molecule has 2 aromatic heterocycles. The van der Waals surface area contributed by atoms with E-state index in [-0.39, 0.29) is 12.5 Å². The summed E-state index contributed by atoms with van der Waals surface area (Å²) >= 11 is 0. The summed E-state index contributed by atoms with van der Waals surface area (Å²) in [6, 6.07) is 5.55. The number of aliphatic hydroxyl groups excluding tert-OH is 1. The van der Waals surface area contributed by atoms with E-state index in [0.29, 0.717) is 5.69 Å². The van der Waals surface area contributed by atoms with Crippen molar-refractivity contribution >= 4 is 11.6 Å². The number of fused-ring (bicyclic) bond motifs is 1. The minimum Gasteiger partial charge on any atom is -0.392 e. The first-order chi connectivity index (χ1) is 7.66. The summed E-state index contributed by atoms with van der Waals surface area (Å²) in [6.45, 7) is 1.84. The average Bonchev–Trinajstić information content (AvgIpc) is 2.69. The van der Waals surface area contributed by atoms with Gasteiger partial charge in [0.2, 0.25) is 0 Å². The predicted molar refractivity (Wildman–Crippen MR) is 59.2 cm³/mol. The highest BCUT2D eigenvalue weighted by atomic mass is 16.3. The Morgan fingerprint density at radius 1 is 1.62 bits per heavy atom. The van der Waals surface area contributed by atoms with Gasteiger partial charge in [0, 0.05) is 18.9 Å². The highest BCUT2D eigenvalue weighted by Crippen LogP contribution is 2.04. The fourth-order valence-electron chi connectivity index (χ4n) is 1.38. The van der Waals surface area contributed by atoms with Crippen LogP contribution in [-0.2, 0) is 0 Å². The lowest BCUT2D eigenvalue weighted by molar-refractivity contribution is 0.0919. The second-order valence-electron chi connectivity index (χ2n) is 3.65. The van der Waals surface area contributed by atoms with Crippen molar-refractivity contribution in [3.63, 3.8) is 0 Å². The second-order valence-corrected chi connectivity index (χ2v) is 3.65. The van der Waals surface area contributed by atoms with Crippen LogP contribution in [0.3, 0.4) is 0 Å². The van der Waals surface area contributed by atoms with E-state index in [1.165, 1.54) is 0 Å². The van der Waals surface area contributed by atoms with Crippen LogP contribution >= 0.6 is 0 Å². The summed E-state index contributed by atoms with van der Waals surface area (Å²) in [4.78, 5) is 15.8. The molecule has 0 radical (unpaired) electrons. The van der Waals surface area contributed by atoms with Gasteiger partial charge in [-0.3, -0.25) is 4.79 Å². The Balaban J connectivity index is 2.17. The average molecular weight is 219 g/mol. The van der Waals surface area contributed by atoms with Gasteiger partial charge in [-0.15, -0.1) is 0 Å². The molecule has 0 aliphatic carbocycles. The van der Waals surface area contributed by atoms with E-state index >= 15 is 0 Å². The maximum atomic E-state index is 11.6. The number of imidazole rings is 1. The molecule has 1 atom stereocenters. The SMILES string of the molecule is C[C@H](O)CNC(=O)c1cn2ccccc2n1. The van der Waals surface area contributed by atoms with E-state index in [2.05, 4.69) is 10.3 Å². The Kier molecular flexibility index (Phi) is 2.87. The van der Waals surface area contributed by atoms with Gasteiger partial charge in [-0.25, -0.2) is 4.98 Å². The molecule has 0 fully saturated rings. The zero-order valence-corrected chi connectivity index (χ0v) is 8.92. The molecule has 16 heavy (non-hydrogen) atoms. The van der Waals surface area contributed by atoms with E-state index < -0.39 is 6.10 Å². The third-order valence-corrected chi connectivity index (χ3v) is 2.15. The molecule has 0 saturated carbocycles. The number of aromatic nitrogens is 2. The van der Waals surface area contributed by atoms with Gasteiger partial charge in [0.15, 0.2) is 0 Å². The zero-order valence-electron chi connectivity index (χ0n) is 8.92. The molecule has 0 saturated heterocycles. The highest BCUT2D eigenvalue weighted by Gasteiger charge is 2.10. The van der Waals surface area contributed by atoms with Gasteiger partial charge in [0.1, 0.15) is 11.3 Å². The van der Waals surface area contributed by atoms with Gasteiger partial charge in [0.25, 0.3) is 5.91 Å². The van der Waals surface area contributed by atoms with Crippen LogP contribution in [0.2, 0.25) is 0 Å². The molecular formula is C11H13N3O2. The normalized spacial score (nSPS) is 12.6. The number of hydrogen-bond donors (Lipinski definition) is 2. The third kappa shape index (κ3) is 2.20. The summed E-state index contributed by atoms with van der Waals surface area (Å²) in [5, 5.41) is 11.6. The number of carbonyl (C=O) groups is 1. The number of nitrogens with zero attached hydrogens (tertiary/aromatic N) is 2. The lowest BCUT2D eigenvalue weighted by Crippen LogP contribution is -2.30. The Morgan fingerprint density at radius 3 is 3.12 bits per heavy atom. The van der Waals surface area contributed by atoms with Gasteiger partial charge >= 0.3 is 0 Å². The molecule has 0 spiro atoms. The van der Waals surface area contributed by atoms with Crippen LogP contribution in [0.25, 0.3) is 5.65 Å². The largest absolute Gasteiger partial charge is 0.392 e. The highest BCUT2D eigenvalue weighted by molar-refractivity contribution is 5.92. The quantitative estimate of drug-likeness (QED) is 0.787. The number of hydrogen-bond acceptors (Lipinski definition) is 3. The molecule has 0 aliphatic rings. The second kappa shape index (κ2) is 4.32. The summed E-state index contributed by atoms with van der Waals surface area (Å²) < 4.78 is 1.78. The molecule has 5 nitrogen and oxygen atoms in total. The van der Waals surface area contributed by atoms with E-state index in [0.717, 1.165) is 5.65 Å². The van der Waals surface area contributed by atoms with Crippen molar-refractivity contribution in [1.82, 2.24) is 14.7 Å². The van der Waals surface area contributed by atoms with Crippen LogP contribution in [0.15, 0.2) is 30.6 Å². The molecule has 0 bridgehead atoms. The standard InChI is InChI=1S/C11H13N3O2/c1-8(15)6-12-11(16)9-7-14-5-3-2-4-10(14)13-9/h2-5,7-8,15H,6H2,1H3,(H,12,16)/t8-/m0/s1. The zero-order chi connectivity index (χ0) is 11.5. The monoisotopic (exact) mass is 219 g/mol. The maximum absolute atomic E-state index is 11.6. The Morgan fingerprint density at radius 2 is 2.44 bits per heavy atom. The molecule has 2 rings (SSSR count). The van der Waals surface area contributed by atoms with E-state index in [4.69, 9.17) is 5.11 Å². The van der Waals surface area contributed by atoms with Crippen LogP contribution in [0.5, 0.6) is 0 Å². The fraction of sp³-hybridized carbons (Fsp3) is 0.273. The minimum absolute atomic E-state index is 0.229. The molecule has 84 valence electrons. The van der Waals surface area contributed by atoms with Gasteiger partial charge in [-0.05, 0) is 19.1 Å². The topological polar surface area (TPSA) is 66.6 Å². The van der Waals surface area contributed by atoms with Crippen molar-refractivity contribution in [3.8, 4) is 0 Å². The van der Waals surface area contributed by atoms with Gasteiger partial charge < -0.3 is 14.8 Å². The molecule has 2 N–H and O–H groups in total. The molecular weight excluding hydrogens is 206 g/mol. The Labute approximate surface area is 92.7 Å². The Bertz CT molecular complexity index is 472. The predicted octanol–water partition coefficient (Wildman–Crippen LogP) is 0.445. The summed E-state index contributed by atoms with van der Waals surface area (Å²) in [7, 11) is 0. The molecule has 5 heteroatoms. The number of aliphatic hydroxyl groups is 1. The third-order valence-electron chi connectivity index (χ3n) is 2.15. The summed E-state index contributed by atoms with van der Waals surface area (Å²) in [5.41, 5.74) is 1.08. The van der Waals surface area contributed by atoms with E-state index in [1.54, 1.807) is 17.5 Å². The van der Waals surface area contributed by atoms with Gasteiger partial charge in [-0.1, -0.05) is 6.07 Å². The van der Waals surface area contributed by atoms with Crippen LogP contribution < -0.4 is 5.32 Å². The number of amides is 1. The molecule has 1 amide bonds. The molecule has 0 aliphatic heterocycles. The van der Waals surface area contributed by atoms with Crippen molar-refractivity contribution in [3.05, 3.63) is 36.3 Å². The number of nitrogens with one attached hydrogen (secondary N) is 1. The maximum Gasteiger partial charge on any atom is 0.271 e. The van der Waals surface area contributed by atoms with Crippen LogP contribution in [0.4, 0.5) is 0 Å². The molecule has 2 heterocycles. The van der Waals surface area contributed by atoms with Gasteiger partial charge in [0.05, 0.1) is 6.10 Å². The summed E-state index contributed by atoms with van der Waals surface area (Å²) in [5.74, 6) is -0.274. The van der Waals surface area contributed by atoms with Crippen molar-refractivity contribution in [1.29, 1.82) is 0 Å². The van der Waals surface area contributed by atoms with Crippen LogP contribution in [-0.4, -0.2) is 33.0 Å². The number of pyridine rings is 1. The van der Waals surface area contributed by atoms with Crippen molar-refractivity contribution in [2.75, 3.05) is 6.54 Å². The first kappa shape index (κ1) is 10.6. The molecule has 2 aromatic rings. The van der Waals surface area contributed by atoms with Crippen molar-refractivity contribution in [2.45, 2.75) is 13.0 Å². The lowest BCUT2D eigenvalue weighted by atomic mass is 10.4. The first-order valence-corrected chi connectivity index (χ1v) is 5.07.